The summed E-state index contributed by atoms with van der Waals surface area (Å²) in [6, 6.07) is 12.0. The van der Waals surface area contributed by atoms with Gasteiger partial charge in [0.05, 0.1) is 13.1 Å². The zero-order valence-corrected chi connectivity index (χ0v) is 52.5. The van der Waals surface area contributed by atoms with Gasteiger partial charge in [0, 0.05) is 39.0 Å². The first kappa shape index (κ1) is 89.6. The summed E-state index contributed by atoms with van der Waals surface area (Å²) >= 11 is 0. The second kappa shape index (κ2) is 46.6. The van der Waals surface area contributed by atoms with Gasteiger partial charge in [0.15, 0.2) is 0 Å². The molecule has 1 aliphatic rings. The molecule has 1 heterocycles. The van der Waals surface area contributed by atoms with Crippen LogP contribution in [0.5, 0.6) is 0 Å². The number of nitrogens with zero attached hydrogens (tertiary/aromatic N) is 1. The van der Waals surface area contributed by atoms with Gasteiger partial charge in [0.1, 0.15) is 30.2 Å². The lowest BCUT2D eigenvalue weighted by molar-refractivity contribution is -0.193. The van der Waals surface area contributed by atoms with Crippen molar-refractivity contribution in [3.05, 3.63) is 71.8 Å². The van der Waals surface area contributed by atoms with Crippen molar-refractivity contribution in [2.24, 2.45) is 17.6 Å². The van der Waals surface area contributed by atoms with Crippen molar-refractivity contribution in [1.82, 2.24) is 52.8 Å². The van der Waals surface area contributed by atoms with E-state index in [1.807, 2.05) is 24.8 Å². The molecule has 0 aromatic heterocycles. The number of carboxylic acids is 5. The predicted molar refractivity (Wildman–Crippen MR) is 317 cm³/mol. The number of carbonyl (C=O) groups excluding carboxylic acids is 6. The third-order valence-corrected chi connectivity index (χ3v) is 12.4. The van der Waals surface area contributed by atoms with Crippen LogP contribution in [-0.2, 0) is 65.6 Å². The SMILES string of the molecule is CC(C)C[C@H](NC(=O)[C@H](CCCCN)NC(=O)CNC(=O)CN1CCCNCCNCCCNCC1)C(=O)N[C@H](C(=O)N[C@@H](Cc1ccccc1)C(=O)N[C@@H](Cc1ccccc1)C(=O)O)C(C)C.O=C(O)C(F)(F)F.O=C(O)C(F)(F)F.O=C(O)C(F)(F)F.O=C(O)C(F)(F)F. The summed E-state index contributed by atoms with van der Waals surface area (Å²) < 4.78 is 127. The van der Waals surface area contributed by atoms with Gasteiger partial charge in [0.2, 0.25) is 35.4 Å². The number of benzene rings is 2. The van der Waals surface area contributed by atoms with E-state index in [1.54, 1.807) is 68.4 Å². The number of carboxylic acid groups (broad SMARTS) is 5. The van der Waals surface area contributed by atoms with Gasteiger partial charge in [-0.15, -0.1) is 0 Å². The van der Waals surface area contributed by atoms with Crippen LogP contribution in [0.3, 0.4) is 0 Å². The first-order valence-corrected chi connectivity index (χ1v) is 29.3. The van der Waals surface area contributed by atoms with Gasteiger partial charge < -0.3 is 79.1 Å². The van der Waals surface area contributed by atoms with Crippen molar-refractivity contribution in [1.29, 1.82) is 0 Å². The Morgan fingerprint density at radius 3 is 1.29 bits per heavy atom. The van der Waals surface area contributed by atoms with E-state index in [1.165, 1.54) is 0 Å². The molecular weight excluding hydrogens is 1320 g/mol. The average molecular weight is 1410 g/mol. The molecule has 5 atom stereocenters. The summed E-state index contributed by atoms with van der Waals surface area (Å²) in [7, 11) is 0. The largest absolute Gasteiger partial charge is 0.490 e. The zero-order chi connectivity index (χ0) is 74.0. The fourth-order valence-corrected chi connectivity index (χ4v) is 7.68. The molecule has 0 radical (unpaired) electrons. The predicted octanol–water partition coefficient (Wildman–Crippen LogP) is 2.33. The number of unbranched alkanes of at least 4 members (excludes halogenated alkanes) is 1. The van der Waals surface area contributed by atoms with Crippen LogP contribution in [0.4, 0.5) is 52.7 Å². The maximum absolute atomic E-state index is 14.1. The summed E-state index contributed by atoms with van der Waals surface area (Å²) in [5.41, 5.74) is 7.16. The number of carbonyl (C=O) groups is 11. The second-order valence-corrected chi connectivity index (χ2v) is 21.4. The smallest absolute Gasteiger partial charge is 0.480 e. The van der Waals surface area contributed by atoms with Crippen LogP contribution in [0.25, 0.3) is 0 Å². The highest BCUT2D eigenvalue weighted by atomic mass is 19.4. The van der Waals surface area contributed by atoms with Crippen LogP contribution >= 0.6 is 0 Å². The quantitative estimate of drug-likeness (QED) is 0.0501. The first-order valence-electron chi connectivity index (χ1n) is 29.3. The van der Waals surface area contributed by atoms with Crippen molar-refractivity contribution >= 4 is 65.3 Å². The first-order chi connectivity index (χ1) is 44.4. The lowest BCUT2D eigenvalue weighted by Crippen LogP contribution is -2.60. The molecule has 39 heteroatoms. The number of hydrogen-bond acceptors (Lipinski definition) is 16. The van der Waals surface area contributed by atoms with Gasteiger partial charge in [-0.2, -0.15) is 52.7 Å². The summed E-state index contributed by atoms with van der Waals surface area (Å²) in [6.45, 7) is 13.8. The summed E-state index contributed by atoms with van der Waals surface area (Å²) in [6.07, 6.45) is -16.9. The van der Waals surface area contributed by atoms with Gasteiger partial charge in [-0.05, 0) is 94.2 Å². The normalized spacial score (nSPS) is 14.9. The average Bonchev–Trinajstić information content (AvgIpc) is 0.892. The Balaban J connectivity index is 0. The van der Waals surface area contributed by atoms with Crippen LogP contribution in [0.15, 0.2) is 60.7 Å². The molecule has 0 aliphatic carbocycles. The van der Waals surface area contributed by atoms with Gasteiger partial charge in [0.25, 0.3) is 0 Å². The molecular formula is C57H83F12N11O16. The van der Waals surface area contributed by atoms with Crippen molar-refractivity contribution in [2.75, 3.05) is 72.0 Å². The van der Waals surface area contributed by atoms with E-state index in [-0.39, 0.29) is 50.6 Å². The minimum Gasteiger partial charge on any atom is -0.480 e. The Bertz CT molecular complexity index is 2590. The minimum absolute atomic E-state index is 0.0177. The number of nitrogens with one attached hydrogen (secondary N) is 9. The van der Waals surface area contributed by atoms with E-state index >= 15 is 0 Å². The van der Waals surface area contributed by atoms with E-state index in [0.29, 0.717) is 43.6 Å². The Kier molecular flexibility index (Phi) is 43.6. The van der Waals surface area contributed by atoms with E-state index in [9.17, 15) is 91.4 Å². The molecule has 0 saturated carbocycles. The Morgan fingerprint density at radius 2 is 0.875 bits per heavy atom. The Hall–Kier alpha value is -8.43. The van der Waals surface area contributed by atoms with E-state index in [0.717, 1.165) is 52.1 Å². The van der Waals surface area contributed by atoms with E-state index in [2.05, 4.69) is 47.9 Å². The third kappa shape index (κ3) is 44.3. The van der Waals surface area contributed by atoms with Gasteiger partial charge in [-0.3, -0.25) is 33.7 Å². The lowest BCUT2D eigenvalue weighted by Gasteiger charge is -2.29. The maximum atomic E-state index is 14.1. The highest BCUT2D eigenvalue weighted by Crippen LogP contribution is 2.17. The topological polar surface area (TPSA) is 426 Å². The number of amides is 6. The molecule has 0 unspecified atom stereocenters. The highest BCUT2D eigenvalue weighted by molar-refractivity contribution is 5.96. The fourth-order valence-electron chi connectivity index (χ4n) is 7.68. The van der Waals surface area contributed by atoms with Crippen LogP contribution in [0.1, 0.15) is 77.3 Å². The number of nitrogens with two attached hydrogens (primary N) is 1. The summed E-state index contributed by atoms with van der Waals surface area (Å²) in [5, 5.41) is 65.1. The van der Waals surface area contributed by atoms with E-state index in [4.69, 9.17) is 45.3 Å². The molecule has 96 heavy (non-hydrogen) atoms. The standard InChI is InChI=1S/C49H79N11O8.4C2HF3O2/c1-34(2)29-39(56-45(63)38(19-11-12-20-50)55-42(61)32-54-43(62)33-60-27-14-23-52-25-24-51-21-13-22-53-26-28-60)47(65)59-44(35(3)4)48(66)57-40(30-36-15-7-5-8-16-36)46(64)58-41(49(67)68)31-37-17-9-6-10-18-37;4*3-2(4,5)1(6)7/h5-10,15-18,34-35,38-41,44,51-53H,11-14,19-33,50H2,1-4H3,(H,54,62)(H,55,61)(H,56,63)(H,57,66)(H,58,64)(H,59,65)(H,67,68);4*(H,6,7)/t38-,39-,40-,41-,44-;;;;/m0..../s1. The molecule has 3 rings (SSSR count). The third-order valence-electron chi connectivity index (χ3n) is 12.4. The number of hydrogen-bond donors (Lipinski definition) is 15. The molecule has 2 aromatic rings. The molecule has 546 valence electrons. The fraction of sp³-hybridized carbons (Fsp3) is 0.596. The number of aliphatic carboxylic acids is 5. The summed E-state index contributed by atoms with van der Waals surface area (Å²) in [4.78, 5) is 132. The van der Waals surface area contributed by atoms with Crippen molar-refractivity contribution < 1.29 is 131 Å². The van der Waals surface area contributed by atoms with Crippen LogP contribution in [0, 0.1) is 11.8 Å². The highest BCUT2D eigenvalue weighted by Gasteiger charge is 2.41. The zero-order valence-electron chi connectivity index (χ0n) is 52.5. The maximum Gasteiger partial charge on any atom is 0.490 e. The van der Waals surface area contributed by atoms with Crippen molar-refractivity contribution in [3.8, 4) is 0 Å². The van der Waals surface area contributed by atoms with Gasteiger partial charge >= 0.3 is 54.6 Å². The molecule has 16 N–H and O–H groups in total. The molecule has 27 nitrogen and oxygen atoms in total. The van der Waals surface area contributed by atoms with E-state index < -0.39 is 120 Å². The minimum atomic E-state index is -5.08. The van der Waals surface area contributed by atoms with Crippen molar-refractivity contribution in [2.45, 2.75) is 134 Å². The van der Waals surface area contributed by atoms with Gasteiger partial charge in [-0.1, -0.05) is 88.4 Å². The van der Waals surface area contributed by atoms with Crippen LogP contribution in [-0.4, -0.2) is 223 Å². The molecule has 0 spiro atoms. The summed E-state index contributed by atoms with van der Waals surface area (Å²) in [5.74, 6) is -16.4. The number of alkyl halides is 12. The van der Waals surface area contributed by atoms with Gasteiger partial charge in [-0.25, -0.2) is 24.0 Å². The monoisotopic (exact) mass is 1410 g/mol. The lowest BCUT2D eigenvalue weighted by atomic mass is 9.98. The number of halogens is 12. The molecule has 1 fully saturated rings. The molecule has 6 amide bonds. The molecule has 1 saturated heterocycles. The number of rotatable bonds is 25. The van der Waals surface area contributed by atoms with Crippen LogP contribution < -0.4 is 53.6 Å². The van der Waals surface area contributed by atoms with Crippen molar-refractivity contribution in [3.63, 3.8) is 0 Å². The molecule has 2 aromatic carbocycles. The second-order valence-electron chi connectivity index (χ2n) is 21.4. The molecule has 1 aliphatic heterocycles. The Morgan fingerprint density at radius 1 is 0.479 bits per heavy atom. The van der Waals surface area contributed by atoms with Crippen LogP contribution in [0.2, 0.25) is 0 Å². The Labute approximate surface area is 543 Å². The molecule has 0 bridgehead atoms.